The molecule has 0 spiro atoms. The molecule has 1 rings (SSSR count). The van der Waals surface area contributed by atoms with Crippen LogP contribution in [0.3, 0.4) is 0 Å². The zero-order valence-electron chi connectivity index (χ0n) is 10.2. The first-order valence-corrected chi connectivity index (χ1v) is 6.92. The van der Waals surface area contributed by atoms with Crippen LogP contribution in [0.2, 0.25) is 0 Å². The molecule has 4 nitrogen and oxygen atoms in total. The van der Waals surface area contributed by atoms with Crippen LogP contribution in [0.25, 0.3) is 0 Å². The highest BCUT2D eigenvalue weighted by Crippen LogP contribution is 2.10. The van der Waals surface area contributed by atoms with E-state index < -0.39 is 0 Å². The molecule has 0 unspecified atom stereocenters. The molecule has 0 saturated heterocycles. The van der Waals surface area contributed by atoms with Crippen molar-refractivity contribution in [1.29, 1.82) is 0 Å². The van der Waals surface area contributed by atoms with E-state index in [0.717, 1.165) is 48.6 Å². The highest BCUT2D eigenvalue weighted by atomic mass is 79.9. The van der Waals surface area contributed by atoms with Crippen molar-refractivity contribution < 1.29 is 0 Å². The van der Waals surface area contributed by atoms with Crippen LogP contribution in [-0.4, -0.2) is 33.6 Å². The lowest BCUT2D eigenvalue weighted by molar-refractivity contribution is 0.757. The van der Waals surface area contributed by atoms with Gasteiger partial charge in [0.15, 0.2) is 0 Å². The van der Waals surface area contributed by atoms with Gasteiger partial charge in [-0.1, -0.05) is 29.8 Å². The Balaban J connectivity index is 2.96. The van der Waals surface area contributed by atoms with Gasteiger partial charge in [-0.2, -0.15) is 5.10 Å². The Kier molecular flexibility index (Phi) is 5.66. The number of anilines is 1. The summed E-state index contributed by atoms with van der Waals surface area (Å²) in [6, 6.07) is 0. The fraction of sp³-hybridized carbons (Fsp3) is 0.727. The summed E-state index contributed by atoms with van der Waals surface area (Å²) in [5.74, 6) is 0.746. The van der Waals surface area contributed by atoms with Crippen LogP contribution in [-0.2, 0) is 12.8 Å². The first-order valence-electron chi connectivity index (χ1n) is 5.80. The van der Waals surface area contributed by atoms with Crippen LogP contribution in [0, 0.1) is 0 Å². The van der Waals surface area contributed by atoms with E-state index in [0.29, 0.717) is 0 Å². The minimum Gasteiger partial charge on any atom is -0.339 e. The molecule has 0 aliphatic heterocycles. The Morgan fingerprint density at radius 2 is 1.75 bits per heavy atom. The summed E-state index contributed by atoms with van der Waals surface area (Å²) in [6.45, 7) is 8.11. The Labute approximate surface area is 106 Å². The molecule has 0 aliphatic rings. The highest BCUT2D eigenvalue weighted by Gasteiger charge is 2.10. The molecule has 5 heteroatoms. The largest absolute Gasteiger partial charge is 0.339 e. The van der Waals surface area contributed by atoms with Gasteiger partial charge in [0, 0.05) is 18.4 Å². The molecule has 0 atom stereocenters. The minimum atomic E-state index is 0.746. The third kappa shape index (κ3) is 3.14. The zero-order chi connectivity index (χ0) is 12.0. The molecular formula is C11H19BrN4. The summed E-state index contributed by atoms with van der Waals surface area (Å²) < 4.78 is 0. The van der Waals surface area contributed by atoms with Crippen molar-refractivity contribution in [2.45, 2.75) is 33.6 Å². The van der Waals surface area contributed by atoms with Gasteiger partial charge in [0.1, 0.15) is 0 Å². The maximum Gasteiger partial charge on any atom is 0.245 e. The van der Waals surface area contributed by atoms with Crippen molar-refractivity contribution in [3.8, 4) is 0 Å². The van der Waals surface area contributed by atoms with E-state index in [2.05, 4.69) is 56.8 Å². The standard InChI is InChI=1S/C11H19BrN4/c1-4-9-10(5-2)14-15-11(13-9)16(6-3)8-7-12/h4-8H2,1-3H3. The van der Waals surface area contributed by atoms with Crippen molar-refractivity contribution in [2.24, 2.45) is 0 Å². The monoisotopic (exact) mass is 286 g/mol. The minimum absolute atomic E-state index is 0.746. The molecule has 0 N–H and O–H groups in total. The number of aryl methyl sites for hydroxylation is 2. The second-order valence-corrected chi connectivity index (χ2v) is 4.27. The molecule has 1 aromatic rings. The molecule has 0 bridgehead atoms. The number of alkyl halides is 1. The predicted octanol–water partition coefficient (Wildman–Crippen LogP) is 2.22. The number of nitrogens with zero attached hydrogens (tertiary/aromatic N) is 4. The van der Waals surface area contributed by atoms with Gasteiger partial charge in [-0.3, -0.25) is 0 Å². The van der Waals surface area contributed by atoms with E-state index in [1.807, 2.05) is 0 Å². The molecule has 0 saturated carbocycles. The summed E-state index contributed by atoms with van der Waals surface area (Å²) in [7, 11) is 0. The SMILES string of the molecule is CCc1nnc(N(CC)CCBr)nc1CC. The third-order valence-corrected chi connectivity index (χ3v) is 2.87. The lowest BCUT2D eigenvalue weighted by Crippen LogP contribution is -2.27. The predicted molar refractivity (Wildman–Crippen MR) is 70.3 cm³/mol. The van der Waals surface area contributed by atoms with Crippen LogP contribution in [0.15, 0.2) is 0 Å². The van der Waals surface area contributed by atoms with Crippen molar-refractivity contribution in [2.75, 3.05) is 23.3 Å². The van der Waals surface area contributed by atoms with Crippen molar-refractivity contribution in [3.05, 3.63) is 11.4 Å². The quantitative estimate of drug-likeness (QED) is 0.752. The summed E-state index contributed by atoms with van der Waals surface area (Å²) >= 11 is 3.43. The Morgan fingerprint density at radius 1 is 1.06 bits per heavy atom. The van der Waals surface area contributed by atoms with Crippen molar-refractivity contribution in [1.82, 2.24) is 15.2 Å². The van der Waals surface area contributed by atoms with Gasteiger partial charge in [-0.05, 0) is 19.8 Å². The molecule has 16 heavy (non-hydrogen) atoms. The van der Waals surface area contributed by atoms with Crippen LogP contribution < -0.4 is 4.90 Å². The van der Waals surface area contributed by atoms with Gasteiger partial charge >= 0.3 is 0 Å². The number of rotatable bonds is 6. The highest BCUT2D eigenvalue weighted by molar-refractivity contribution is 9.09. The Hall–Kier alpha value is -0.710. The first-order chi connectivity index (χ1) is 7.76. The maximum atomic E-state index is 4.58. The molecule has 0 aliphatic carbocycles. The van der Waals surface area contributed by atoms with Gasteiger partial charge in [-0.15, -0.1) is 5.10 Å². The average molecular weight is 287 g/mol. The van der Waals surface area contributed by atoms with Gasteiger partial charge in [0.05, 0.1) is 11.4 Å². The van der Waals surface area contributed by atoms with E-state index in [1.54, 1.807) is 0 Å². The van der Waals surface area contributed by atoms with E-state index in [-0.39, 0.29) is 0 Å². The fourth-order valence-corrected chi connectivity index (χ4v) is 1.99. The number of hydrogen-bond donors (Lipinski definition) is 0. The normalized spacial score (nSPS) is 10.5. The van der Waals surface area contributed by atoms with Gasteiger partial charge in [0.2, 0.25) is 5.95 Å². The van der Waals surface area contributed by atoms with Gasteiger partial charge in [-0.25, -0.2) is 4.98 Å². The molecule has 1 aromatic heterocycles. The van der Waals surface area contributed by atoms with E-state index in [4.69, 9.17) is 0 Å². The van der Waals surface area contributed by atoms with Crippen molar-refractivity contribution in [3.63, 3.8) is 0 Å². The summed E-state index contributed by atoms with van der Waals surface area (Å²) in [5, 5.41) is 9.36. The molecule has 0 amide bonds. The molecule has 0 radical (unpaired) electrons. The third-order valence-electron chi connectivity index (χ3n) is 2.52. The van der Waals surface area contributed by atoms with Crippen LogP contribution in [0.4, 0.5) is 5.95 Å². The van der Waals surface area contributed by atoms with Crippen LogP contribution >= 0.6 is 15.9 Å². The Morgan fingerprint density at radius 3 is 2.25 bits per heavy atom. The van der Waals surface area contributed by atoms with Gasteiger partial charge < -0.3 is 4.90 Å². The second-order valence-electron chi connectivity index (χ2n) is 3.48. The van der Waals surface area contributed by atoms with Crippen LogP contribution in [0.5, 0.6) is 0 Å². The average Bonchev–Trinajstić information content (AvgIpc) is 2.35. The summed E-state index contributed by atoms with van der Waals surface area (Å²) in [4.78, 5) is 6.71. The van der Waals surface area contributed by atoms with Crippen LogP contribution in [0.1, 0.15) is 32.2 Å². The first kappa shape index (κ1) is 13.4. The topological polar surface area (TPSA) is 41.9 Å². The second kappa shape index (κ2) is 6.78. The maximum absolute atomic E-state index is 4.58. The molecule has 0 aromatic carbocycles. The van der Waals surface area contributed by atoms with E-state index >= 15 is 0 Å². The number of halogens is 1. The summed E-state index contributed by atoms with van der Waals surface area (Å²) in [6.07, 6.45) is 1.81. The fourth-order valence-electron chi connectivity index (χ4n) is 1.56. The Bertz CT molecular complexity index is 330. The molecule has 1 heterocycles. The lowest BCUT2D eigenvalue weighted by atomic mass is 10.2. The zero-order valence-corrected chi connectivity index (χ0v) is 11.8. The van der Waals surface area contributed by atoms with Gasteiger partial charge in [0.25, 0.3) is 0 Å². The lowest BCUT2D eigenvalue weighted by Gasteiger charge is -2.19. The van der Waals surface area contributed by atoms with E-state index in [1.165, 1.54) is 0 Å². The van der Waals surface area contributed by atoms with E-state index in [9.17, 15) is 0 Å². The smallest absolute Gasteiger partial charge is 0.245 e. The van der Waals surface area contributed by atoms with Crippen molar-refractivity contribution >= 4 is 21.9 Å². The molecule has 0 fully saturated rings. The number of hydrogen-bond acceptors (Lipinski definition) is 4. The molecule has 90 valence electrons. The molecular weight excluding hydrogens is 268 g/mol. The number of aromatic nitrogens is 3. The summed E-state index contributed by atoms with van der Waals surface area (Å²) in [5.41, 5.74) is 2.08.